The molecule has 0 radical (unpaired) electrons. The van der Waals surface area contributed by atoms with E-state index in [2.05, 4.69) is 0 Å². The van der Waals surface area contributed by atoms with E-state index in [-0.39, 0.29) is 6.54 Å². The van der Waals surface area contributed by atoms with Gasteiger partial charge in [0, 0.05) is 6.54 Å². The van der Waals surface area contributed by atoms with E-state index in [1.54, 1.807) is 13.0 Å². The molecule has 3 rings (SSSR count). The molecule has 0 saturated carbocycles. The van der Waals surface area contributed by atoms with Crippen molar-refractivity contribution in [1.29, 1.82) is 0 Å². The normalized spacial score (nSPS) is 16.1. The minimum Gasteiger partial charge on any atom is -0.263 e. The third kappa shape index (κ3) is 3.35. The summed E-state index contributed by atoms with van der Waals surface area (Å²) < 4.78 is 0. The van der Waals surface area contributed by atoms with Crippen LogP contribution in [0.2, 0.25) is 0 Å². The maximum absolute atomic E-state index is 12.6. The Morgan fingerprint density at radius 3 is 2.12 bits per heavy atom. The minimum absolute atomic E-state index is 0.0658. The lowest BCUT2D eigenvalue weighted by Gasteiger charge is -2.22. The third-order valence-electron chi connectivity index (χ3n) is 4.15. The van der Waals surface area contributed by atoms with Gasteiger partial charge < -0.3 is 0 Å². The number of hydrogen-bond donors (Lipinski definition) is 0. The Labute approximate surface area is 146 Å². The summed E-state index contributed by atoms with van der Waals surface area (Å²) in [6, 6.07) is 17.6. The van der Waals surface area contributed by atoms with Gasteiger partial charge in [0.25, 0.3) is 0 Å². The van der Waals surface area contributed by atoms with Gasteiger partial charge in [-0.1, -0.05) is 72.8 Å². The number of hydrogen-bond acceptors (Lipinski definition) is 3. The number of carbonyl (C=O) groups is 3. The SMILES string of the molecule is C[C@H](c1ccccc1)N1C(=O)C(=O)N(C/C=C/c2ccccc2)C1=O. The summed E-state index contributed by atoms with van der Waals surface area (Å²) in [6.07, 6.45) is 3.52. The number of rotatable bonds is 5. The maximum Gasteiger partial charge on any atom is 0.335 e. The molecule has 1 aliphatic heterocycles. The van der Waals surface area contributed by atoms with Crippen LogP contribution in [-0.4, -0.2) is 34.2 Å². The molecule has 0 bridgehead atoms. The van der Waals surface area contributed by atoms with Crippen molar-refractivity contribution in [3.8, 4) is 0 Å². The second-order valence-corrected chi connectivity index (χ2v) is 5.77. The molecule has 0 aliphatic carbocycles. The molecular formula is C20H18N2O3. The Balaban J connectivity index is 1.74. The molecule has 5 heteroatoms. The van der Waals surface area contributed by atoms with E-state index < -0.39 is 23.9 Å². The number of imide groups is 2. The molecular weight excluding hydrogens is 316 g/mol. The van der Waals surface area contributed by atoms with Crippen molar-refractivity contribution >= 4 is 23.9 Å². The second-order valence-electron chi connectivity index (χ2n) is 5.77. The van der Waals surface area contributed by atoms with Crippen LogP contribution in [0.25, 0.3) is 6.08 Å². The summed E-state index contributed by atoms with van der Waals surface area (Å²) >= 11 is 0. The predicted molar refractivity (Wildman–Crippen MR) is 94.3 cm³/mol. The molecule has 4 amide bonds. The monoisotopic (exact) mass is 334 g/mol. The summed E-state index contributed by atoms with van der Waals surface area (Å²) in [6.45, 7) is 1.80. The summed E-state index contributed by atoms with van der Waals surface area (Å²) in [5, 5.41) is 0. The first-order valence-corrected chi connectivity index (χ1v) is 8.05. The zero-order valence-electron chi connectivity index (χ0n) is 13.8. The molecule has 2 aromatic rings. The summed E-state index contributed by atoms with van der Waals surface area (Å²) in [7, 11) is 0. The van der Waals surface area contributed by atoms with Crippen LogP contribution < -0.4 is 0 Å². The summed E-state index contributed by atoms with van der Waals surface area (Å²) in [5.74, 6) is -1.57. The topological polar surface area (TPSA) is 57.7 Å². The molecule has 126 valence electrons. The first-order chi connectivity index (χ1) is 12.1. The van der Waals surface area contributed by atoms with E-state index in [1.165, 1.54) is 0 Å². The highest BCUT2D eigenvalue weighted by atomic mass is 16.2. The quantitative estimate of drug-likeness (QED) is 0.623. The number of amides is 4. The van der Waals surface area contributed by atoms with Gasteiger partial charge in [0.05, 0.1) is 6.04 Å². The number of urea groups is 1. The molecule has 1 aliphatic rings. The van der Waals surface area contributed by atoms with Crippen molar-refractivity contribution in [1.82, 2.24) is 9.80 Å². The van der Waals surface area contributed by atoms with E-state index in [0.717, 1.165) is 20.9 Å². The van der Waals surface area contributed by atoms with Gasteiger partial charge in [0.15, 0.2) is 0 Å². The van der Waals surface area contributed by atoms with Gasteiger partial charge >= 0.3 is 17.8 Å². The van der Waals surface area contributed by atoms with Crippen LogP contribution >= 0.6 is 0 Å². The fraction of sp³-hybridized carbons (Fsp3) is 0.150. The molecule has 2 aromatic carbocycles. The Morgan fingerprint density at radius 1 is 0.880 bits per heavy atom. The Bertz CT molecular complexity index is 815. The highest BCUT2D eigenvalue weighted by molar-refractivity contribution is 6.44. The van der Waals surface area contributed by atoms with E-state index >= 15 is 0 Å². The lowest BCUT2D eigenvalue weighted by Crippen LogP contribution is -2.35. The molecule has 1 fully saturated rings. The van der Waals surface area contributed by atoms with Crippen LogP contribution in [-0.2, 0) is 9.59 Å². The fourth-order valence-electron chi connectivity index (χ4n) is 2.76. The highest BCUT2D eigenvalue weighted by Gasteiger charge is 2.46. The van der Waals surface area contributed by atoms with E-state index in [9.17, 15) is 14.4 Å². The number of carbonyl (C=O) groups excluding carboxylic acids is 3. The summed E-state index contributed by atoms with van der Waals surface area (Å²) in [4.78, 5) is 39.0. The van der Waals surface area contributed by atoms with Gasteiger partial charge in [-0.3, -0.25) is 14.5 Å². The first-order valence-electron chi connectivity index (χ1n) is 8.05. The largest absolute Gasteiger partial charge is 0.335 e. The van der Waals surface area contributed by atoms with Gasteiger partial charge in [-0.15, -0.1) is 0 Å². The average molecular weight is 334 g/mol. The zero-order valence-corrected chi connectivity index (χ0v) is 13.8. The van der Waals surface area contributed by atoms with E-state index in [1.807, 2.05) is 66.7 Å². The predicted octanol–water partition coefficient (Wildman–Crippen LogP) is 3.25. The van der Waals surface area contributed by atoms with Gasteiger partial charge in [0.1, 0.15) is 0 Å². The molecule has 0 spiro atoms. The number of nitrogens with zero attached hydrogens (tertiary/aromatic N) is 2. The zero-order chi connectivity index (χ0) is 17.8. The van der Waals surface area contributed by atoms with Crippen molar-refractivity contribution in [2.45, 2.75) is 13.0 Å². The van der Waals surface area contributed by atoms with E-state index in [0.29, 0.717) is 0 Å². The smallest absolute Gasteiger partial charge is 0.263 e. The fourth-order valence-corrected chi connectivity index (χ4v) is 2.76. The molecule has 1 saturated heterocycles. The van der Waals surface area contributed by atoms with Crippen LogP contribution in [0, 0.1) is 0 Å². The van der Waals surface area contributed by atoms with Crippen molar-refractivity contribution in [3.05, 3.63) is 77.9 Å². The van der Waals surface area contributed by atoms with Crippen molar-refractivity contribution in [2.75, 3.05) is 6.54 Å². The third-order valence-corrected chi connectivity index (χ3v) is 4.15. The maximum atomic E-state index is 12.6. The summed E-state index contributed by atoms with van der Waals surface area (Å²) in [5.41, 5.74) is 1.76. The first kappa shape index (κ1) is 16.6. The standard InChI is InChI=1S/C20H18N2O3/c1-15(17-12-6-3-7-13-17)22-19(24)18(23)21(20(22)25)14-8-11-16-9-4-2-5-10-16/h2-13,15H,14H2,1H3/b11-8+/t15-/m1/s1. The molecule has 25 heavy (non-hydrogen) atoms. The molecule has 1 heterocycles. The highest BCUT2D eigenvalue weighted by Crippen LogP contribution is 2.26. The van der Waals surface area contributed by atoms with Crippen molar-refractivity contribution < 1.29 is 14.4 Å². The minimum atomic E-state index is -0.787. The van der Waals surface area contributed by atoms with Gasteiger partial charge in [-0.25, -0.2) is 9.69 Å². The number of benzene rings is 2. The molecule has 0 N–H and O–H groups in total. The van der Waals surface area contributed by atoms with Crippen LogP contribution in [0.3, 0.4) is 0 Å². The Hall–Kier alpha value is -3.21. The van der Waals surface area contributed by atoms with Gasteiger partial charge in [-0.05, 0) is 18.1 Å². The van der Waals surface area contributed by atoms with Gasteiger partial charge in [-0.2, -0.15) is 0 Å². The van der Waals surface area contributed by atoms with Gasteiger partial charge in [0.2, 0.25) is 0 Å². The van der Waals surface area contributed by atoms with Crippen LogP contribution in [0.4, 0.5) is 4.79 Å². The lowest BCUT2D eigenvalue weighted by atomic mass is 10.1. The Kier molecular flexibility index (Phi) is 4.75. The molecule has 1 atom stereocenters. The Morgan fingerprint density at radius 2 is 1.48 bits per heavy atom. The molecule has 0 unspecified atom stereocenters. The van der Waals surface area contributed by atoms with Crippen molar-refractivity contribution in [3.63, 3.8) is 0 Å². The van der Waals surface area contributed by atoms with E-state index in [4.69, 9.17) is 0 Å². The average Bonchev–Trinajstić information content (AvgIpc) is 2.86. The van der Waals surface area contributed by atoms with Crippen molar-refractivity contribution in [2.24, 2.45) is 0 Å². The van der Waals surface area contributed by atoms with Crippen LogP contribution in [0.15, 0.2) is 66.7 Å². The molecule has 0 aromatic heterocycles. The van der Waals surface area contributed by atoms with Crippen LogP contribution in [0.1, 0.15) is 24.1 Å². The lowest BCUT2D eigenvalue weighted by molar-refractivity contribution is -0.143. The molecule has 5 nitrogen and oxygen atoms in total. The second kappa shape index (κ2) is 7.13. The van der Waals surface area contributed by atoms with Crippen LogP contribution in [0.5, 0.6) is 0 Å².